The number of alkyl halides is 3. The molecule has 1 saturated heterocycles. The Morgan fingerprint density at radius 1 is 1.00 bits per heavy atom. The summed E-state index contributed by atoms with van der Waals surface area (Å²) in [5, 5.41) is 0. The summed E-state index contributed by atoms with van der Waals surface area (Å²) in [5.74, 6) is -0.180. The number of hydrogen-bond donors (Lipinski definition) is 0. The van der Waals surface area contributed by atoms with E-state index >= 15 is 0 Å². The molecule has 0 unspecified atom stereocenters. The van der Waals surface area contributed by atoms with Gasteiger partial charge in [0.15, 0.2) is 6.61 Å². The van der Waals surface area contributed by atoms with Crippen LogP contribution in [-0.2, 0) is 25.4 Å². The summed E-state index contributed by atoms with van der Waals surface area (Å²) >= 11 is 0. The Labute approximate surface area is 164 Å². The lowest BCUT2D eigenvalue weighted by Crippen LogP contribution is -2.25. The molecule has 0 atom stereocenters. The zero-order chi connectivity index (χ0) is 21.4. The van der Waals surface area contributed by atoms with Crippen LogP contribution in [0.3, 0.4) is 0 Å². The number of carbonyl (C=O) groups is 1. The van der Waals surface area contributed by atoms with E-state index in [2.05, 4.69) is 0 Å². The molecule has 0 spiro atoms. The number of ether oxygens (including phenoxy) is 4. The second-order valence-electron chi connectivity index (χ2n) is 7.45. The van der Waals surface area contributed by atoms with Gasteiger partial charge in [0.2, 0.25) is 0 Å². The van der Waals surface area contributed by atoms with E-state index in [9.17, 15) is 18.0 Å². The number of rotatable bonds is 4. The summed E-state index contributed by atoms with van der Waals surface area (Å²) in [6.45, 7) is 10.4. The van der Waals surface area contributed by atoms with Crippen LogP contribution in [-0.4, -0.2) is 50.8 Å². The molecule has 0 bridgehead atoms. The van der Waals surface area contributed by atoms with Gasteiger partial charge in [-0.3, -0.25) is 4.79 Å². The van der Waals surface area contributed by atoms with Crippen LogP contribution in [0, 0.1) is 13.8 Å². The van der Waals surface area contributed by atoms with Crippen LogP contribution in [0.5, 0.6) is 5.75 Å². The van der Waals surface area contributed by atoms with Gasteiger partial charge in [-0.15, -0.1) is 0 Å². The van der Waals surface area contributed by atoms with E-state index in [1.165, 1.54) is 0 Å². The number of hydrogen-bond acceptors (Lipinski definition) is 5. The summed E-state index contributed by atoms with van der Waals surface area (Å²) in [7, 11) is 0. The molecule has 160 valence electrons. The smallest absolute Gasteiger partial charge is 0.422 e. The molecule has 5 nitrogen and oxygen atoms in total. The number of benzene rings is 1. The second-order valence-corrected chi connectivity index (χ2v) is 7.45. The van der Waals surface area contributed by atoms with Crippen LogP contribution in [0.15, 0.2) is 12.1 Å². The van der Waals surface area contributed by atoms with Crippen molar-refractivity contribution in [3.63, 3.8) is 0 Å². The molecule has 0 aliphatic carbocycles. The van der Waals surface area contributed by atoms with Crippen LogP contribution in [0.2, 0.25) is 0 Å². The van der Waals surface area contributed by atoms with E-state index in [0.717, 1.165) is 26.4 Å². The minimum absolute atomic E-state index is 0.0680. The highest BCUT2D eigenvalue weighted by molar-refractivity contribution is 5.73. The maximum atomic E-state index is 12.2. The Hall–Kier alpha value is -1.80. The first-order valence-corrected chi connectivity index (χ1v) is 9.04. The highest BCUT2D eigenvalue weighted by Gasteiger charge is 2.29. The van der Waals surface area contributed by atoms with Crippen molar-refractivity contribution < 1.29 is 36.9 Å². The van der Waals surface area contributed by atoms with Crippen molar-refractivity contribution in [1.29, 1.82) is 0 Å². The molecule has 1 fully saturated rings. The van der Waals surface area contributed by atoms with Crippen LogP contribution in [0.25, 0.3) is 0 Å². The molecule has 0 saturated carbocycles. The van der Waals surface area contributed by atoms with Crippen LogP contribution in [0.1, 0.15) is 37.5 Å². The Bertz CT molecular complexity index is 597. The van der Waals surface area contributed by atoms with Crippen molar-refractivity contribution in [1.82, 2.24) is 0 Å². The lowest BCUT2D eigenvalue weighted by molar-refractivity contribution is -0.154. The van der Waals surface area contributed by atoms with Gasteiger partial charge in [-0.05, 0) is 51.3 Å². The van der Waals surface area contributed by atoms with Gasteiger partial charge in [-0.25, -0.2) is 0 Å². The van der Waals surface area contributed by atoms with Gasteiger partial charge in [-0.1, -0.05) is 12.1 Å². The summed E-state index contributed by atoms with van der Waals surface area (Å²) < 4.78 is 56.6. The number of esters is 1. The summed E-state index contributed by atoms with van der Waals surface area (Å²) in [4.78, 5) is 11.8. The Morgan fingerprint density at radius 2 is 1.46 bits per heavy atom. The number of aryl methyl sites for hydroxylation is 2. The lowest BCUT2D eigenvalue weighted by Gasteiger charge is -2.20. The normalized spacial score (nSPS) is 14.7. The largest absolute Gasteiger partial charge is 0.484 e. The van der Waals surface area contributed by atoms with E-state index in [-0.39, 0.29) is 18.1 Å². The number of carbonyl (C=O) groups excluding carboxylic acids is 1. The van der Waals surface area contributed by atoms with Crippen molar-refractivity contribution in [2.24, 2.45) is 0 Å². The van der Waals surface area contributed by atoms with Crippen LogP contribution in [0.4, 0.5) is 13.2 Å². The quantitative estimate of drug-likeness (QED) is 0.703. The maximum Gasteiger partial charge on any atom is 0.422 e. The minimum Gasteiger partial charge on any atom is -0.484 e. The third-order valence-electron chi connectivity index (χ3n) is 3.41. The molecular weight excluding hydrogens is 377 g/mol. The monoisotopic (exact) mass is 406 g/mol. The topological polar surface area (TPSA) is 54.0 Å². The number of halogens is 3. The first-order chi connectivity index (χ1) is 12.9. The molecule has 0 amide bonds. The first-order valence-electron chi connectivity index (χ1n) is 9.04. The molecule has 1 aliphatic heterocycles. The highest BCUT2D eigenvalue weighted by atomic mass is 19.4. The molecule has 1 aromatic rings. The van der Waals surface area contributed by atoms with Gasteiger partial charge in [0.05, 0.1) is 32.8 Å². The Kier molecular flexibility index (Phi) is 9.23. The zero-order valence-corrected chi connectivity index (χ0v) is 17.1. The predicted octanol–water partition coefficient (Wildman–Crippen LogP) is 4.16. The molecule has 28 heavy (non-hydrogen) atoms. The molecule has 0 aromatic heterocycles. The fraction of sp³-hybridized carbons (Fsp3) is 0.650. The Morgan fingerprint density at radius 3 is 1.82 bits per heavy atom. The summed E-state index contributed by atoms with van der Waals surface area (Å²) in [5.41, 5.74) is 1.23. The molecule has 0 radical (unpaired) electrons. The second kappa shape index (κ2) is 10.7. The van der Waals surface area contributed by atoms with E-state index in [1.54, 1.807) is 46.8 Å². The van der Waals surface area contributed by atoms with Gasteiger partial charge in [0.1, 0.15) is 11.4 Å². The fourth-order valence-electron chi connectivity index (χ4n) is 2.51. The molecule has 8 heteroatoms. The molecule has 2 rings (SSSR count). The fourth-order valence-corrected chi connectivity index (χ4v) is 2.51. The predicted molar refractivity (Wildman–Crippen MR) is 98.7 cm³/mol. The third-order valence-corrected chi connectivity index (χ3v) is 3.41. The average Bonchev–Trinajstić information content (AvgIpc) is 2.53. The zero-order valence-electron chi connectivity index (χ0n) is 17.1. The van der Waals surface area contributed by atoms with Crippen molar-refractivity contribution in [3.8, 4) is 5.75 Å². The Balaban J connectivity index is 0.000000552. The van der Waals surface area contributed by atoms with E-state index in [4.69, 9.17) is 18.9 Å². The van der Waals surface area contributed by atoms with Crippen LogP contribution >= 0.6 is 0 Å². The first kappa shape index (κ1) is 24.2. The minimum atomic E-state index is -4.38. The molecule has 0 N–H and O–H groups in total. The molecular formula is C20H29F3O5. The third kappa shape index (κ3) is 10.5. The summed E-state index contributed by atoms with van der Waals surface area (Å²) in [6.07, 6.45) is -4.31. The SMILES string of the molecule is C1COCCO1.Cc1cc(CC(=O)OC(C)(C)C)cc(C)c1OCC(F)(F)F. The molecule has 1 aromatic carbocycles. The maximum absolute atomic E-state index is 12.2. The molecule has 1 aliphatic rings. The van der Waals surface area contributed by atoms with Crippen LogP contribution < -0.4 is 4.74 Å². The van der Waals surface area contributed by atoms with Crippen molar-refractivity contribution in [2.45, 2.75) is 52.8 Å². The van der Waals surface area contributed by atoms with Gasteiger partial charge in [0, 0.05) is 0 Å². The van der Waals surface area contributed by atoms with Gasteiger partial charge in [-0.2, -0.15) is 13.2 Å². The van der Waals surface area contributed by atoms with E-state index < -0.39 is 18.4 Å². The van der Waals surface area contributed by atoms with E-state index in [0.29, 0.717) is 16.7 Å². The molecule has 1 heterocycles. The highest BCUT2D eigenvalue weighted by Crippen LogP contribution is 2.27. The van der Waals surface area contributed by atoms with Crippen molar-refractivity contribution >= 4 is 5.97 Å². The average molecular weight is 406 g/mol. The van der Waals surface area contributed by atoms with Gasteiger partial charge < -0.3 is 18.9 Å². The lowest BCUT2D eigenvalue weighted by atomic mass is 10.0. The summed E-state index contributed by atoms with van der Waals surface area (Å²) in [6, 6.07) is 3.28. The standard InChI is InChI=1S/C16H21F3O3.C4H8O2/c1-10-6-12(8-13(20)22-15(3,4)5)7-11(2)14(10)21-9-16(17,18)19;1-2-6-4-3-5-1/h6-7H,8-9H2,1-5H3;1-4H2. The van der Waals surface area contributed by atoms with Gasteiger partial charge >= 0.3 is 12.1 Å². The van der Waals surface area contributed by atoms with Crippen molar-refractivity contribution in [2.75, 3.05) is 33.0 Å². The van der Waals surface area contributed by atoms with Gasteiger partial charge in [0.25, 0.3) is 0 Å². The van der Waals surface area contributed by atoms with Crippen molar-refractivity contribution in [3.05, 3.63) is 28.8 Å². The van der Waals surface area contributed by atoms with E-state index in [1.807, 2.05) is 0 Å².